The Kier molecular flexibility index (Phi) is 10.0. The van der Waals surface area contributed by atoms with E-state index < -0.39 is 12.1 Å². The van der Waals surface area contributed by atoms with E-state index in [-0.39, 0.29) is 24.8 Å². The van der Waals surface area contributed by atoms with Gasteiger partial charge in [-0.15, -0.1) is 0 Å². The molecule has 1 fully saturated rings. The minimum Gasteiger partial charge on any atom is -0.496 e. The van der Waals surface area contributed by atoms with Crippen LogP contribution in [-0.4, -0.2) is 50.7 Å². The van der Waals surface area contributed by atoms with E-state index >= 15 is 0 Å². The van der Waals surface area contributed by atoms with Crippen LogP contribution >= 0.6 is 23.1 Å². The number of aliphatic carboxylic acids is 1. The lowest BCUT2D eigenvalue weighted by atomic mass is 9.79. The van der Waals surface area contributed by atoms with Crippen molar-refractivity contribution in [3.63, 3.8) is 0 Å². The Morgan fingerprint density at radius 2 is 1.73 bits per heavy atom. The minimum absolute atomic E-state index is 0.0318. The number of ether oxygens (including phenoxy) is 4. The molecule has 7 rings (SSSR count). The van der Waals surface area contributed by atoms with Crippen molar-refractivity contribution in [1.82, 2.24) is 19.3 Å². The number of para-hydroxylation sites is 2. The lowest BCUT2D eigenvalue weighted by molar-refractivity contribution is -0.145. The number of aromatic nitrogens is 4. The Balaban J connectivity index is 1.18. The van der Waals surface area contributed by atoms with E-state index in [1.54, 1.807) is 32.5 Å². The molecule has 0 saturated heterocycles. The second kappa shape index (κ2) is 14.9. The summed E-state index contributed by atoms with van der Waals surface area (Å²) < 4.78 is 28.9. The van der Waals surface area contributed by atoms with Crippen LogP contribution in [0.5, 0.6) is 23.1 Å². The van der Waals surface area contributed by atoms with Crippen molar-refractivity contribution in [2.75, 3.05) is 14.2 Å². The molecule has 0 radical (unpaired) electrons. The molecule has 0 bridgehead atoms. The first-order valence-corrected chi connectivity index (χ1v) is 17.7. The van der Waals surface area contributed by atoms with Crippen LogP contribution in [0.2, 0.25) is 5.02 Å². The first-order chi connectivity index (χ1) is 24.9. The largest absolute Gasteiger partial charge is 0.496 e. The molecule has 51 heavy (non-hydrogen) atoms. The lowest BCUT2D eigenvalue weighted by Crippen LogP contribution is -2.29. The number of benzene rings is 3. The molecule has 0 amide bonds. The van der Waals surface area contributed by atoms with Gasteiger partial charge in [-0.2, -0.15) is 4.37 Å². The second-order valence-electron chi connectivity index (χ2n) is 12.2. The van der Waals surface area contributed by atoms with Gasteiger partial charge in [-0.3, -0.25) is 4.98 Å². The van der Waals surface area contributed by atoms with Crippen LogP contribution < -0.4 is 18.9 Å². The molecule has 1 aliphatic rings. The molecule has 3 aromatic carbocycles. The summed E-state index contributed by atoms with van der Waals surface area (Å²) in [5, 5.41) is 11.7. The van der Waals surface area contributed by atoms with E-state index in [0.717, 1.165) is 57.3 Å². The molecular formula is C39H35ClN4O6S. The van der Waals surface area contributed by atoms with E-state index in [2.05, 4.69) is 14.3 Å². The van der Waals surface area contributed by atoms with Gasteiger partial charge in [-0.25, -0.2) is 14.8 Å². The highest BCUT2D eigenvalue weighted by atomic mass is 35.5. The molecule has 12 heteroatoms. The Bertz CT molecular complexity index is 2220. The number of halogens is 1. The molecule has 1 unspecified atom stereocenters. The monoisotopic (exact) mass is 722 g/mol. The number of hydrogen-bond acceptors (Lipinski definition) is 10. The normalized spacial score (nSPS) is 13.4. The standard InChI is InChI=1S/C39H35ClN4O6S/c1-22-26(15-16-30(48-3)35(22)40)33-34-32(20-42-36(33)23-10-8-11-23)51-44-38(34)50-31(39(45)46)19-24-9-4-6-13-28(24)49-21-25-17-18-41-37(43-25)27-12-5-7-14-29(27)47-2/h4-7,9,12-18,20,23,31H,8,10-11,19,21H2,1-3H3,(H,45,46). The van der Waals surface area contributed by atoms with Gasteiger partial charge in [-0.1, -0.05) is 54.4 Å². The quantitative estimate of drug-likeness (QED) is 0.124. The van der Waals surface area contributed by atoms with Crippen molar-refractivity contribution in [1.29, 1.82) is 0 Å². The molecule has 6 aromatic rings. The zero-order valence-electron chi connectivity index (χ0n) is 28.3. The van der Waals surface area contributed by atoms with Gasteiger partial charge in [-0.05, 0) is 78.3 Å². The van der Waals surface area contributed by atoms with Crippen LogP contribution in [0.15, 0.2) is 79.1 Å². The molecule has 10 nitrogen and oxygen atoms in total. The molecule has 0 spiro atoms. The maximum Gasteiger partial charge on any atom is 0.345 e. The molecule has 1 atom stereocenters. The van der Waals surface area contributed by atoms with Crippen molar-refractivity contribution < 1.29 is 28.8 Å². The van der Waals surface area contributed by atoms with Crippen molar-refractivity contribution >= 4 is 39.2 Å². The van der Waals surface area contributed by atoms with Crippen molar-refractivity contribution in [3.8, 4) is 45.6 Å². The molecule has 1 aliphatic carbocycles. The SMILES string of the molecule is COc1ccccc1-c1nccc(COc2ccccc2CC(Oc2nsc3cnc(C4CCC4)c(-c4ccc(OC)c(Cl)c4C)c23)C(=O)O)n1. The number of carboxylic acids is 1. The summed E-state index contributed by atoms with van der Waals surface area (Å²) in [6, 6.07) is 20.4. The summed E-state index contributed by atoms with van der Waals surface area (Å²) in [5.74, 6) is 1.67. The topological polar surface area (TPSA) is 126 Å². The Morgan fingerprint density at radius 1 is 0.961 bits per heavy atom. The van der Waals surface area contributed by atoms with Gasteiger partial charge in [0.1, 0.15) is 23.9 Å². The van der Waals surface area contributed by atoms with Gasteiger partial charge in [0.15, 0.2) is 5.82 Å². The maximum absolute atomic E-state index is 12.8. The van der Waals surface area contributed by atoms with Gasteiger partial charge < -0.3 is 24.1 Å². The zero-order chi connectivity index (χ0) is 35.5. The fourth-order valence-corrected chi connectivity index (χ4v) is 7.21. The summed E-state index contributed by atoms with van der Waals surface area (Å²) in [6.45, 7) is 2.09. The third kappa shape index (κ3) is 6.91. The zero-order valence-corrected chi connectivity index (χ0v) is 29.8. The predicted molar refractivity (Wildman–Crippen MR) is 196 cm³/mol. The number of fused-ring (bicyclic) bond motifs is 1. The second-order valence-corrected chi connectivity index (χ2v) is 13.4. The number of carbonyl (C=O) groups is 1. The highest BCUT2D eigenvalue weighted by molar-refractivity contribution is 7.13. The van der Waals surface area contributed by atoms with Crippen LogP contribution in [-0.2, 0) is 17.8 Å². The summed E-state index contributed by atoms with van der Waals surface area (Å²) in [4.78, 5) is 26.8. The highest BCUT2D eigenvalue weighted by Gasteiger charge is 2.31. The van der Waals surface area contributed by atoms with Crippen molar-refractivity contribution in [2.45, 2.75) is 51.2 Å². The van der Waals surface area contributed by atoms with Gasteiger partial charge in [0, 0.05) is 30.3 Å². The average molecular weight is 723 g/mol. The van der Waals surface area contributed by atoms with E-state index in [0.29, 0.717) is 39.4 Å². The van der Waals surface area contributed by atoms with Crippen LogP contribution in [0, 0.1) is 6.92 Å². The van der Waals surface area contributed by atoms with E-state index in [1.807, 2.05) is 67.7 Å². The molecule has 0 aliphatic heterocycles. The molecule has 260 valence electrons. The number of rotatable bonds is 13. The number of hydrogen-bond donors (Lipinski definition) is 1. The Morgan fingerprint density at radius 3 is 2.47 bits per heavy atom. The summed E-state index contributed by atoms with van der Waals surface area (Å²) >= 11 is 7.97. The van der Waals surface area contributed by atoms with Crippen LogP contribution in [0.4, 0.5) is 0 Å². The van der Waals surface area contributed by atoms with Gasteiger partial charge in [0.05, 0.1) is 46.3 Å². The van der Waals surface area contributed by atoms with Crippen LogP contribution in [0.3, 0.4) is 0 Å². The first kappa shape index (κ1) is 34.2. The number of carboxylic acid groups (broad SMARTS) is 1. The molecular weight excluding hydrogens is 688 g/mol. The smallest absolute Gasteiger partial charge is 0.345 e. The Hall–Kier alpha value is -5.26. The average Bonchev–Trinajstić information content (AvgIpc) is 3.54. The summed E-state index contributed by atoms with van der Waals surface area (Å²) in [7, 11) is 3.19. The van der Waals surface area contributed by atoms with Gasteiger partial charge in [0.2, 0.25) is 12.0 Å². The fourth-order valence-electron chi connectivity index (χ4n) is 6.27. The number of pyridine rings is 1. The van der Waals surface area contributed by atoms with Crippen LogP contribution in [0.25, 0.3) is 32.6 Å². The first-order valence-electron chi connectivity index (χ1n) is 16.5. The highest BCUT2D eigenvalue weighted by Crippen LogP contribution is 2.48. The molecule has 1 saturated carbocycles. The molecule has 3 aromatic heterocycles. The Labute approximate surface area is 304 Å². The van der Waals surface area contributed by atoms with E-state index in [9.17, 15) is 9.90 Å². The third-order valence-corrected chi connectivity index (χ3v) is 10.4. The van der Waals surface area contributed by atoms with Gasteiger partial charge in [0.25, 0.3) is 0 Å². The fraction of sp³-hybridized carbons (Fsp3) is 0.256. The summed E-state index contributed by atoms with van der Waals surface area (Å²) in [5.41, 5.74) is 5.61. The maximum atomic E-state index is 12.8. The minimum atomic E-state index is -1.26. The molecule has 3 heterocycles. The van der Waals surface area contributed by atoms with Crippen molar-refractivity contribution in [3.05, 3.63) is 107 Å². The summed E-state index contributed by atoms with van der Waals surface area (Å²) in [6.07, 6.45) is 5.42. The van der Waals surface area contributed by atoms with E-state index in [4.69, 9.17) is 35.5 Å². The number of methoxy groups -OCH3 is 2. The van der Waals surface area contributed by atoms with Crippen LogP contribution in [0.1, 0.15) is 47.7 Å². The van der Waals surface area contributed by atoms with Gasteiger partial charge >= 0.3 is 5.97 Å². The third-order valence-electron chi connectivity index (χ3n) is 9.19. The lowest BCUT2D eigenvalue weighted by Gasteiger charge is -2.28. The van der Waals surface area contributed by atoms with E-state index in [1.165, 1.54) is 11.5 Å². The number of nitrogens with zero attached hydrogens (tertiary/aromatic N) is 4. The van der Waals surface area contributed by atoms with Crippen molar-refractivity contribution in [2.24, 2.45) is 0 Å². The predicted octanol–water partition coefficient (Wildman–Crippen LogP) is 8.72. The molecule has 1 N–H and O–H groups in total.